The predicted octanol–water partition coefficient (Wildman–Crippen LogP) is 2.53. The summed E-state index contributed by atoms with van der Waals surface area (Å²) < 4.78 is 28.2. The van der Waals surface area contributed by atoms with E-state index in [1.165, 1.54) is 19.2 Å². The Balaban J connectivity index is 2.24. The van der Waals surface area contributed by atoms with Gasteiger partial charge in [0.25, 0.3) is 0 Å². The van der Waals surface area contributed by atoms with Crippen molar-refractivity contribution in [3.8, 4) is 34.3 Å². The number of pyridine rings is 1. The summed E-state index contributed by atoms with van der Waals surface area (Å²) in [5.74, 6) is 0.203. The van der Waals surface area contributed by atoms with Crippen molar-refractivity contribution in [2.75, 3.05) is 12.8 Å². The SMILES string of the molecule is COc1nc(-c2ccc(N)cc2)c(-c2ccc(S(N)(=O)=O)cc2)cc1C#N. The van der Waals surface area contributed by atoms with Crippen molar-refractivity contribution < 1.29 is 13.2 Å². The Kier molecular flexibility index (Phi) is 4.81. The van der Waals surface area contributed by atoms with Gasteiger partial charge in [0.1, 0.15) is 11.6 Å². The van der Waals surface area contributed by atoms with E-state index in [-0.39, 0.29) is 16.3 Å². The van der Waals surface area contributed by atoms with Crippen molar-refractivity contribution in [3.63, 3.8) is 0 Å². The molecule has 4 N–H and O–H groups in total. The van der Waals surface area contributed by atoms with Gasteiger partial charge in [0, 0.05) is 16.8 Å². The normalized spacial score (nSPS) is 11.0. The molecule has 2 aromatic carbocycles. The first kappa shape index (κ1) is 18.4. The number of nitrogens with zero attached hydrogens (tertiary/aromatic N) is 2. The number of aromatic nitrogens is 1. The zero-order valence-electron chi connectivity index (χ0n) is 14.4. The Morgan fingerprint density at radius 3 is 2.15 bits per heavy atom. The molecular weight excluding hydrogens is 364 g/mol. The molecule has 0 radical (unpaired) electrons. The van der Waals surface area contributed by atoms with Crippen LogP contribution < -0.4 is 15.6 Å². The van der Waals surface area contributed by atoms with Gasteiger partial charge in [0.15, 0.2) is 0 Å². The molecule has 8 heteroatoms. The highest BCUT2D eigenvalue weighted by molar-refractivity contribution is 7.89. The van der Waals surface area contributed by atoms with E-state index >= 15 is 0 Å². The van der Waals surface area contributed by atoms with Crippen LogP contribution in [0.2, 0.25) is 0 Å². The second kappa shape index (κ2) is 7.07. The van der Waals surface area contributed by atoms with Gasteiger partial charge in [-0.05, 0) is 35.9 Å². The Hall–Kier alpha value is -3.41. The fraction of sp³-hybridized carbons (Fsp3) is 0.0526. The summed E-state index contributed by atoms with van der Waals surface area (Å²) in [5.41, 5.74) is 9.32. The molecule has 27 heavy (non-hydrogen) atoms. The van der Waals surface area contributed by atoms with E-state index in [0.717, 1.165) is 5.56 Å². The minimum absolute atomic E-state index is 0.00209. The first-order chi connectivity index (χ1) is 12.8. The fourth-order valence-electron chi connectivity index (χ4n) is 2.64. The smallest absolute Gasteiger partial charge is 0.238 e. The van der Waals surface area contributed by atoms with Gasteiger partial charge >= 0.3 is 0 Å². The van der Waals surface area contributed by atoms with Crippen LogP contribution in [0.15, 0.2) is 59.5 Å². The van der Waals surface area contributed by atoms with Gasteiger partial charge in [-0.3, -0.25) is 0 Å². The summed E-state index contributed by atoms with van der Waals surface area (Å²) >= 11 is 0. The molecule has 1 heterocycles. The van der Waals surface area contributed by atoms with Gasteiger partial charge in [-0.2, -0.15) is 5.26 Å². The number of anilines is 1. The lowest BCUT2D eigenvalue weighted by atomic mass is 9.97. The van der Waals surface area contributed by atoms with E-state index in [1.807, 2.05) is 12.1 Å². The molecule has 3 rings (SSSR count). The molecular formula is C19H16N4O3S. The number of primary sulfonamides is 1. The van der Waals surface area contributed by atoms with Gasteiger partial charge in [-0.1, -0.05) is 24.3 Å². The minimum atomic E-state index is -3.79. The topological polar surface area (TPSA) is 132 Å². The van der Waals surface area contributed by atoms with Gasteiger partial charge < -0.3 is 10.5 Å². The maximum absolute atomic E-state index is 11.5. The maximum atomic E-state index is 11.5. The minimum Gasteiger partial charge on any atom is -0.480 e. The van der Waals surface area contributed by atoms with Crippen LogP contribution in [0.25, 0.3) is 22.4 Å². The predicted molar refractivity (Wildman–Crippen MR) is 102 cm³/mol. The third-order valence-corrected chi connectivity index (χ3v) is 4.91. The molecule has 0 saturated carbocycles. The number of hydrogen-bond donors (Lipinski definition) is 2. The second-order valence-electron chi connectivity index (χ2n) is 5.74. The zero-order valence-corrected chi connectivity index (χ0v) is 15.2. The summed E-state index contributed by atoms with van der Waals surface area (Å²) in [6.45, 7) is 0. The molecule has 0 saturated heterocycles. The highest BCUT2D eigenvalue weighted by Gasteiger charge is 2.16. The largest absolute Gasteiger partial charge is 0.480 e. The van der Waals surface area contributed by atoms with Gasteiger partial charge in [-0.25, -0.2) is 18.5 Å². The fourth-order valence-corrected chi connectivity index (χ4v) is 3.15. The first-order valence-corrected chi connectivity index (χ1v) is 9.36. The molecule has 0 spiro atoms. The van der Waals surface area contributed by atoms with Crippen molar-refractivity contribution in [1.82, 2.24) is 4.98 Å². The van der Waals surface area contributed by atoms with Gasteiger partial charge in [0.05, 0.1) is 17.7 Å². The van der Waals surface area contributed by atoms with Crippen molar-refractivity contribution in [2.45, 2.75) is 4.90 Å². The number of rotatable bonds is 4. The number of benzene rings is 2. The van der Waals surface area contributed by atoms with E-state index in [0.29, 0.717) is 22.5 Å². The van der Waals surface area contributed by atoms with Crippen molar-refractivity contribution in [1.29, 1.82) is 5.26 Å². The lowest BCUT2D eigenvalue weighted by Gasteiger charge is -2.13. The molecule has 3 aromatic rings. The monoisotopic (exact) mass is 380 g/mol. The quantitative estimate of drug-likeness (QED) is 0.668. The van der Waals surface area contributed by atoms with Crippen molar-refractivity contribution in [3.05, 3.63) is 60.2 Å². The number of sulfonamides is 1. The highest BCUT2D eigenvalue weighted by Crippen LogP contribution is 2.35. The van der Waals surface area contributed by atoms with Crippen LogP contribution in [0.4, 0.5) is 5.69 Å². The summed E-state index contributed by atoms with van der Waals surface area (Å²) in [7, 11) is -2.35. The number of methoxy groups -OCH3 is 1. The Morgan fingerprint density at radius 2 is 1.63 bits per heavy atom. The zero-order chi connectivity index (χ0) is 19.6. The molecule has 0 atom stereocenters. The second-order valence-corrected chi connectivity index (χ2v) is 7.31. The Bertz CT molecular complexity index is 1130. The van der Waals surface area contributed by atoms with Crippen LogP contribution in [0.5, 0.6) is 5.88 Å². The molecule has 0 aliphatic heterocycles. The van der Waals surface area contributed by atoms with E-state index in [9.17, 15) is 13.7 Å². The molecule has 0 bridgehead atoms. The average Bonchev–Trinajstić information content (AvgIpc) is 2.67. The van der Waals surface area contributed by atoms with Gasteiger partial charge in [0.2, 0.25) is 15.9 Å². The first-order valence-electron chi connectivity index (χ1n) is 7.82. The molecule has 0 aliphatic carbocycles. The van der Waals surface area contributed by atoms with E-state index in [1.54, 1.807) is 30.3 Å². The Labute approximate surface area is 156 Å². The van der Waals surface area contributed by atoms with Crippen LogP contribution >= 0.6 is 0 Å². The van der Waals surface area contributed by atoms with Crippen LogP contribution in [-0.4, -0.2) is 20.5 Å². The van der Waals surface area contributed by atoms with E-state index < -0.39 is 10.0 Å². The lowest BCUT2D eigenvalue weighted by Crippen LogP contribution is -2.11. The maximum Gasteiger partial charge on any atom is 0.238 e. The molecule has 7 nitrogen and oxygen atoms in total. The lowest BCUT2D eigenvalue weighted by molar-refractivity contribution is 0.397. The van der Waals surface area contributed by atoms with Gasteiger partial charge in [-0.15, -0.1) is 0 Å². The summed E-state index contributed by atoms with van der Waals surface area (Å²) in [5, 5.41) is 14.5. The van der Waals surface area contributed by atoms with Crippen LogP contribution in [0, 0.1) is 11.3 Å². The number of nitrogens with two attached hydrogens (primary N) is 2. The third-order valence-electron chi connectivity index (χ3n) is 3.98. The van der Waals surface area contributed by atoms with E-state index in [2.05, 4.69) is 11.1 Å². The number of hydrogen-bond acceptors (Lipinski definition) is 6. The number of nitrogen functional groups attached to an aromatic ring is 1. The summed E-state index contributed by atoms with van der Waals surface area (Å²) in [6.07, 6.45) is 0. The standard InChI is InChI=1S/C19H16N4O3S/c1-26-19-14(11-20)10-17(12-4-8-16(9-5-12)27(22,24)25)18(23-19)13-2-6-15(21)7-3-13/h2-10H,21H2,1H3,(H2,22,24,25). The highest BCUT2D eigenvalue weighted by atomic mass is 32.2. The van der Waals surface area contributed by atoms with Crippen molar-refractivity contribution >= 4 is 15.7 Å². The molecule has 0 fully saturated rings. The third kappa shape index (κ3) is 3.74. The number of nitriles is 1. The average molecular weight is 380 g/mol. The number of ether oxygens (including phenoxy) is 1. The molecule has 136 valence electrons. The molecule has 1 aromatic heterocycles. The van der Waals surface area contributed by atoms with Crippen LogP contribution in [0.1, 0.15) is 5.56 Å². The van der Waals surface area contributed by atoms with Crippen LogP contribution in [0.3, 0.4) is 0 Å². The molecule has 0 unspecified atom stereocenters. The molecule has 0 amide bonds. The van der Waals surface area contributed by atoms with Crippen molar-refractivity contribution in [2.24, 2.45) is 5.14 Å². The molecule has 0 aliphatic rings. The van der Waals surface area contributed by atoms with Crippen LogP contribution in [-0.2, 0) is 10.0 Å². The van der Waals surface area contributed by atoms with E-state index in [4.69, 9.17) is 15.6 Å². The Morgan fingerprint density at radius 1 is 1.04 bits per heavy atom. The summed E-state index contributed by atoms with van der Waals surface area (Å²) in [4.78, 5) is 4.48. The summed E-state index contributed by atoms with van der Waals surface area (Å²) in [6, 6.07) is 16.9.